The van der Waals surface area contributed by atoms with E-state index in [9.17, 15) is 14.7 Å². The molecule has 0 heterocycles. The van der Waals surface area contributed by atoms with Crippen LogP contribution in [0.3, 0.4) is 0 Å². The van der Waals surface area contributed by atoms with Gasteiger partial charge in [-0.05, 0) is 44.5 Å². The minimum Gasteiger partial charge on any atom is -0.508 e. The van der Waals surface area contributed by atoms with E-state index in [4.69, 9.17) is 15.6 Å². The Bertz CT molecular complexity index is 537. The van der Waals surface area contributed by atoms with E-state index in [1.165, 1.54) is 18.2 Å². The molecular formula is C14H20N2O5. The molecule has 0 fully saturated rings. The molecule has 21 heavy (non-hydrogen) atoms. The van der Waals surface area contributed by atoms with E-state index in [-0.39, 0.29) is 12.2 Å². The fourth-order valence-corrected chi connectivity index (χ4v) is 1.61. The molecule has 5 N–H and O–H groups in total. The number of aliphatic carboxylic acids is 1. The van der Waals surface area contributed by atoms with Gasteiger partial charge in [0.1, 0.15) is 17.4 Å². The van der Waals surface area contributed by atoms with Gasteiger partial charge < -0.3 is 20.7 Å². The highest BCUT2D eigenvalue weighted by Gasteiger charge is 2.19. The first-order chi connectivity index (χ1) is 9.58. The summed E-state index contributed by atoms with van der Waals surface area (Å²) in [5, 5.41) is 20.8. The van der Waals surface area contributed by atoms with E-state index in [1.807, 2.05) is 0 Å². The summed E-state index contributed by atoms with van der Waals surface area (Å²) in [5.74, 6) is -1.21. The number of nitrogens with one attached hydrogen (secondary N) is 1. The minimum atomic E-state index is -1.17. The molecule has 116 valence electrons. The molecule has 0 aliphatic rings. The van der Waals surface area contributed by atoms with E-state index in [2.05, 4.69) is 5.32 Å². The lowest BCUT2D eigenvalue weighted by Crippen LogP contribution is -2.33. The zero-order valence-corrected chi connectivity index (χ0v) is 12.2. The summed E-state index contributed by atoms with van der Waals surface area (Å²) in [6.45, 7) is 5.18. The van der Waals surface area contributed by atoms with Crippen LogP contribution in [0, 0.1) is 0 Å². The number of amides is 1. The van der Waals surface area contributed by atoms with Crippen molar-refractivity contribution in [2.45, 2.75) is 38.8 Å². The lowest BCUT2D eigenvalue weighted by atomic mass is 10.0. The number of anilines is 1. The van der Waals surface area contributed by atoms with Gasteiger partial charge in [-0.3, -0.25) is 10.1 Å². The number of ether oxygens (including phenoxy) is 1. The number of hydrogen-bond acceptors (Lipinski definition) is 5. The Morgan fingerprint density at radius 3 is 2.52 bits per heavy atom. The normalized spacial score (nSPS) is 12.6. The second-order valence-electron chi connectivity index (χ2n) is 5.62. The summed E-state index contributed by atoms with van der Waals surface area (Å²) in [7, 11) is 0. The summed E-state index contributed by atoms with van der Waals surface area (Å²) in [6, 6.07) is 3.06. The Labute approximate surface area is 122 Å². The van der Waals surface area contributed by atoms with Crippen molar-refractivity contribution in [2.24, 2.45) is 5.73 Å². The number of carbonyl (C=O) groups excluding carboxylic acids is 1. The van der Waals surface area contributed by atoms with Crippen LogP contribution in [-0.2, 0) is 16.0 Å². The van der Waals surface area contributed by atoms with E-state index < -0.39 is 23.7 Å². The second kappa shape index (κ2) is 6.45. The predicted molar refractivity (Wildman–Crippen MR) is 77.3 cm³/mol. The molecule has 0 aliphatic carbocycles. The quantitative estimate of drug-likeness (QED) is 0.627. The van der Waals surface area contributed by atoms with Crippen LogP contribution in [0.1, 0.15) is 26.3 Å². The number of phenolic OH excluding ortho intramolecular Hbond substituents is 1. The summed E-state index contributed by atoms with van der Waals surface area (Å²) >= 11 is 0. The molecule has 1 rings (SSSR count). The predicted octanol–water partition coefficient (Wildman–Crippen LogP) is 1.69. The number of hydrogen-bond donors (Lipinski definition) is 4. The number of carbonyl (C=O) groups is 2. The molecule has 1 aromatic carbocycles. The van der Waals surface area contributed by atoms with Crippen LogP contribution in [0.15, 0.2) is 18.2 Å². The Kier molecular flexibility index (Phi) is 5.15. The smallest absolute Gasteiger partial charge is 0.412 e. The molecule has 1 aromatic rings. The lowest BCUT2D eigenvalue weighted by Gasteiger charge is -2.20. The van der Waals surface area contributed by atoms with E-state index in [0.717, 1.165) is 0 Å². The average Bonchev–Trinajstić information content (AvgIpc) is 2.30. The zero-order chi connectivity index (χ0) is 16.2. The first-order valence-electron chi connectivity index (χ1n) is 6.39. The zero-order valence-electron chi connectivity index (χ0n) is 12.2. The van der Waals surface area contributed by atoms with Crippen molar-refractivity contribution < 1.29 is 24.5 Å². The molecule has 0 radical (unpaired) electrons. The number of carboxylic acids is 1. The molecule has 0 saturated carbocycles. The van der Waals surface area contributed by atoms with Crippen molar-refractivity contribution in [2.75, 3.05) is 5.32 Å². The molecular weight excluding hydrogens is 276 g/mol. The van der Waals surface area contributed by atoms with Gasteiger partial charge >= 0.3 is 12.1 Å². The van der Waals surface area contributed by atoms with Gasteiger partial charge in [0.25, 0.3) is 0 Å². The molecule has 7 nitrogen and oxygen atoms in total. The SMILES string of the molecule is CC(C)(C)OC(=O)Nc1ccc(O)cc1CC(N)C(=O)O. The van der Waals surface area contributed by atoms with E-state index >= 15 is 0 Å². The van der Waals surface area contributed by atoms with Crippen molar-refractivity contribution >= 4 is 17.7 Å². The number of rotatable bonds is 4. The fraction of sp³-hybridized carbons (Fsp3) is 0.429. The summed E-state index contributed by atoms with van der Waals surface area (Å²) in [4.78, 5) is 22.6. The van der Waals surface area contributed by atoms with Crippen molar-refractivity contribution in [1.82, 2.24) is 0 Å². The number of nitrogens with two attached hydrogens (primary N) is 1. The Morgan fingerprint density at radius 1 is 1.38 bits per heavy atom. The molecule has 0 aliphatic heterocycles. The maximum absolute atomic E-state index is 11.7. The highest BCUT2D eigenvalue weighted by atomic mass is 16.6. The fourth-order valence-electron chi connectivity index (χ4n) is 1.61. The number of aromatic hydroxyl groups is 1. The third-order valence-electron chi connectivity index (χ3n) is 2.48. The van der Waals surface area contributed by atoms with Gasteiger partial charge in [0.05, 0.1) is 0 Å². The molecule has 0 saturated heterocycles. The lowest BCUT2D eigenvalue weighted by molar-refractivity contribution is -0.138. The number of phenols is 1. The van der Waals surface area contributed by atoms with Gasteiger partial charge in [-0.25, -0.2) is 4.79 Å². The largest absolute Gasteiger partial charge is 0.508 e. The van der Waals surface area contributed by atoms with Crippen LogP contribution in [0.5, 0.6) is 5.75 Å². The molecule has 1 amide bonds. The molecule has 1 unspecified atom stereocenters. The van der Waals surface area contributed by atoms with Crippen LogP contribution in [-0.4, -0.2) is 33.9 Å². The number of benzene rings is 1. The van der Waals surface area contributed by atoms with E-state index in [0.29, 0.717) is 11.3 Å². The summed E-state index contributed by atoms with van der Waals surface area (Å²) < 4.78 is 5.12. The van der Waals surface area contributed by atoms with Crippen molar-refractivity contribution in [3.8, 4) is 5.75 Å². The molecule has 0 spiro atoms. The number of carboxylic acid groups (broad SMARTS) is 1. The second-order valence-corrected chi connectivity index (χ2v) is 5.62. The summed E-state index contributed by atoms with van der Waals surface area (Å²) in [5.41, 5.74) is 5.58. The van der Waals surface area contributed by atoms with Gasteiger partial charge in [0, 0.05) is 12.1 Å². The van der Waals surface area contributed by atoms with Gasteiger partial charge in [0.2, 0.25) is 0 Å². The summed E-state index contributed by atoms with van der Waals surface area (Å²) in [6.07, 6.45) is -0.701. The minimum absolute atomic E-state index is 0.0329. The van der Waals surface area contributed by atoms with Gasteiger partial charge in [-0.1, -0.05) is 0 Å². The van der Waals surface area contributed by atoms with Crippen LogP contribution in [0.4, 0.5) is 10.5 Å². The Hall–Kier alpha value is -2.28. The average molecular weight is 296 g/mol. The van der Waals surface area contributed by atoms with Gasteiger partial charge in [-0.15, -0.1) is 0 Å². The van der Waals surface area contributed by atoms with Gasteiger partial charge in [-0.2, -0.15) is 0 Å². The highest BCUT2D eigenvalue weighted by Crippen LogP contribution is 2.23. The third kappa shape index (κ3) is 5.70. The van der Waals surface area contributed by atoms with Gasteiger partial charge in [0.15, 0.2) is 0 Å². The molecule has 1 atom stereocenters. The Balaban J connectivity index is 2.91. The highest BCUT2D eigenvalue weighted by molar-refractivity contribution is 5.86. The molecule has 0 aromatic heterocycles. The topological polar surface area (TPSA) is 122 Å². The van der Waals surface area contributed by atoms with Crippen molar-refractivity contribution in [3.63, 3.8) is 0 Å². The van der Waals surface area contributed by atoms with Crippen molar-refractivity contribution in [3.05, 3.63) is 23.8 Å². The van der Waals surface area contributed by atoms with Crippen LogP contribution in [0.25, 0.3) is 0 Å². The first kappa shape index (κ1) is 16.8. The monoisotopic (exact) mass is 296 g/mol. The molecule has 0 bridgehead atoms. The van der Waals surface area contributed by atoms with Crippen LogP contribution >= 0.6 is 0 Å². The van der Waals surface area contributed by atoms with Crippen LogP contribution < -0.4 is 11.1 Å². The van der Waals surface area contributed by atoms with Crippen LogP contribution in [0.2, 0.25) is 0 Å². The standard InChI is InChI=1S/C14H20N2O5/c1-14(2,3)21-13(20)16-11-5-4-9(17)6-8(11)7-10(15)12(18)19/h4-6,10,17H,7,15H2,1-3H3,(H,16,20)(H,18,19). The maximum atomic E-state index is 11.7. The maximum Gasteiger partial charge on any atom is 0.412 e. The Morgan fingerprint density at radius 2 is 2.00 bits per heavy atom. The van der Waals surface area contributed by atoms with Crippen molar-refractivity contribution in [1.29, 1.82) is 0 Å². The third-order valence-corrected chi connectivity index (χ3v) is 2.48. The molecule has 7 heteroatoms. The van der Waals surface area contributed by atoms with E-state index in [1.54, 1.807) is 20.8 Å². The first-order valence-corrected chi connectivity index (χ1v) is 6.39.